The van der Waals surface area contributed by atoms with Gasteiger partial charge in [-0.25, -0.2) is 0 Å². The van der Waals surface area contributed by atoms with Gasteiger partial charge < -0.3 is 11.1 Å². The molecule has 3 rings (SSSR count). The summed E-state index contributed by atoms with van der Waals surface area (Å²) in [5.74, 6) is 0. The fraction of sp³-hybridized carbons (Fsp3) is 0.250. The third kappa shape index (κ3) is 4.13. The van der Waals surface area contributed by atoms with E-state index in [1.807, 2.05) is 48.5 Å². The van der Waals surface area contributed by atoms with Crippen LogP contribution in [0.1, 0.15) is 31.0 Å². The second kappa shape index (κ2) is 7.30. The van der Waals surface area contributed by atoms with Gasteiger partial charge in [-0.3, -0.25) is 4.98 Å². The van der Waals surface area contributed by atoms with E-state index in [1.165, 1.54) is 0 Å². The first kappa shape index (κ1) is 18.2. The molecule has 3 N–H and O–H groups in total. The molecule has 0 radical (unpaired) electrons. The molecule has 0 saturated heterocycles. The van der Waals surface area contributed by atoms with E-state index in [0.717, 1.165) is 27.1 Å². The molecule has 2 aromatic carbocycles. The van der Waals surface area contributed by atoms with Gasteiger partial charge in [0, 0.05) is 39.8 Å². The predicted octanol–water partition coefficient (Wildman–Crippen LogP) is 5.11. The van der Waals surface area contributed by atoms with E-state index in [2.05, 4.69) is 24.1 Å². The molecule has 1 heterocycles. The lowest BCUT2D eigenvalue weighted by molar-refractivity contribution is 0.322. The van der Waals surface area contributed by atoms with Crippen LogP contribution in [0.25, 0.3) is 10.9 Å². The molecular weight excluding hydrogens is 353 g/mol. The molecule has 0 saturated carbocycles. The lowest BCUT2D eigenvalue weighted by Crippen LogP contribution is -2.48. The van der Waals surface area contributed by atoms with Gasteiger partial charge in [-0.1, -0.05) is 41.4 Å². The number of aromatic nitrogens is 1. The maximum Gasteiger partial charge on any atom is 0.0720 e. The summed E-state index contributed by atoms with van der Waals surface area (Å²) in [6.07, 6.45) is 1.78. The Morgan fingerprint density at radius 3 is 2.44 bits per heavy atom. The number of halogens is 2. The van der Waals surface area contributed by atoms with Crippen LogP contribution in [0.5, 0.6) is 0 Å². The van der Waals surface area contributed by atoms with Crippen molar-refractivity contribution in [3.8, 4) is 0 Å². The molecule has 1 atom stereocenters. The molecule has 0 amide bonds. The number of rotatable bonds is 5. The Hall–Kier alpha value is -1.65. The van der Waals surface area contributed by atoms with Crippen LogP contribution in [0.4, 0.5) is 0 Å². The summed E-state index contributed by atoms with van der Waals surface area (Å²) in [5, 5.41) is 5.99. The van der Waals surface area contributed by atoms with Gasteiger partial charge in [0.25, 0.3) is 0 Å². The van der Waals surface area contributed by atoms with Gasteiger partial charge in [0.2, 0.25) is 0 Å². The highest BCUT2D eigenvalue weighted by Crippen LogP contribution is 2.30. The number of hydrogen-bond acceptors (Lipinski definition) is 3. The largest absolute Gasteiger partial charge is 0.322 e. The minimum atomic E-state index is -0.312. The first-order valence-corrected chi connectivity index (χ1v) is 8.91. The molecule has 130 valence electrons. The quantitative estimate of drug-likeness (QED) is 0.653. The first-order valence-electron chi connectivity index (χ1n) is 8.16. The van der Waals surface area contributed by atoms with Crippen molar-refractivity contribution in [2.75, 3.05) is 0 Å². The van der Waals surface area contributed by atoms with E-state index in [4.69, 9.17) is 28.9 Å². The maximum absolute atomic E-state index is 6.62. The van der Waals surface area contributed by atoms with Gasteiger partial charge in [-0.05, 0) is 55.3 Å². The van der Waals surface area contributed by atoms with Gasteiger partial charge in [0.15, 0.2) is 0 Å². The second-order valence-corrected chi connectivity index (χ2v) is 7.61. The minimum Gasteiger partial charge on any atom is -0.322 e. The molecule has 3 aromatic rings. The first-order chi connectivity index (χ1) is 11.9. The molecule has 5 heteroatoms. The molecule has 0 aliphatic heterocycles. The average Bonchev–Trinajstić information content (AvgIpc) is 2.60. The van der Waals surface area contributed by atoms with Gasteiger partial charge in [-0.2, -0.15) is 0 Å². The number of pyridine rings is 1. The van der Waals surface area contributed by atoms with Gasteiger partial charge in [0.1, 0.15) is 0 Å². The van der Waals surface area contributed by atoms with E-state index in [-0.39, 0.29) is 11.6 Å². The van der Waals surface area contributed by atoms with Crippen LogP contribution in [0.3, 0.4) is 0 Å². The summed E-state index contributed by atoms with van der Waals surface area (Å²) in [5.41, 5.74) is 9.38. The van der Waals surface area contributed by atoms with Crippen molar-refractivity contribution in [2.45, 2.75) is 32.0 Å². The summed E-state index contributed by atoms with van der Waals surface area (Å²) >= 11 is 12.0. The van der Waals surface area contributed by atoms with E-state index in [1.54, 1.807) is 6.20 Å². The highest BCUT2D eigenvalue weighted by molar-refractivity contribution is 6.31. The molecule has 0 fully saturated rings. The zero-order chi connectivity index (χ0) is 18.0. The van der Waals surface area contributed by atoms with E-state index in [9.17, 15) is 0 Å². The van der Waals surface area contributed by atoms with Crippen LogP contribution in [-0.4, -0.2) is 10.5 Å². The molecule has 1 aromatic heterocycles. The summed E-state index contributed by atoms with van der Waals surface area (Å²) in [4.78, 5) is 4.40. The molecule has 0 spiro atoms. The topological polar surface area (TPSA) is 50.9 Å². The Morgan fingerprint density at radius 1 is 1.04 bits per heavy atom. The fourth-order valence-corrected chi connectivity index (χ4v) is 3.14. The van der Waals surface area contributed by atoms with Crippen LogP contribution in [0.2, 0.25) is 10.0 Å². The van der Waals surface area contributed by atoms with Crippen molar-refractivity contribution in [1.29, 1.82) is 0 Å². The van der Waals surface area contributed by atoms with Crippen LogP contribution in [0, 0.1) is 0 Å². The molecule has 1 unspecified atom stereocenters. The zero-order valence-electron chi connectivity index (χ0n) is 14.3. The van der Waals surface area contributed by atoms with Crippen molar-refractivity contribution >= 4 is 34.1 Å². The number of nitrogens with zero attached hydrogens (tertiary/aromatic N) is 1. The third-order valence-electron chi connectivity index (χ3n) is 4.51. The van der Waals surface area contributed by atoms with E-state index >= 15 is 0 Å². The zero-order valence-corrected chi connectivity index (χ0v) is 15.8. The molecule has 3 nitrogen and oxygen atoms in total. The Labute approximate surface area is 158 Å². The highest BCUT2D eigenvalue weighted by atomic mass is 35.5. The highest BCUT2D eigenvalue weighted by Gasteiger charge is 2.28. The Kier molecular flexibility index (Phi) is 5.30. The number of benzene rings is 2. The standard InChI is InChI=1S/C20H21Cl2N3/c1-20(2,25-12-13-3-5-14(21)6-4-13)19(23)17-9-10-24-18-11-15(22)7-8-16(17)18/h3-11,19,25H,12,23H2,1-2H3. The van der Waals surface area contributed by atoms with Gasteiger partial charge in [-0.15, -0.1) is 0 Å². The Bertz CT molecular complexity index is 876. The smallest absolute Gasteiger partial charge is 0.0720 e. The molecule has 25 heavy (non-hydrogen) atoms. The Balaban J connectivity index is 1.83. The monoisotopic (exact) mass is 373 g/mol. The number of nitrogens with one attached hydrogen (secondary N) is 1. The normalized spacial score (nSPS) is 13.2. The molecular formula is C20H21Cl2N3. The lowest BCUT2D eigenvalue weighted by Gasteiger charge is -2.34. The van der Waals surface area contributed by atoms with Crippen molar-refractivity contribution in [1.82, 2.24) is 10.3 Å². The fourth-order valence-electron chi connectivity index (χ4n) is 2.85. The molecule has 0 aliphatic carbocycles. The van der Waals surface area contributed by atoms with E-state index in [0.29, 0.717) is 11.6 Å². The van der Waals surface area contributed by atoms with Crippen LogP contribution in [0.15, 0.2) is 54.7 Å². The second-order valence-electron chi connectivity index (χ2n) is 6.74. The maximum atomic E-state index is 6.62. The minimum absolute atomic E-state index is 0.202. The average molecular weight is 374 g/mol. The van der Waals surface area contributed by atoms with Crippen molar-refractivity contribution in [2.24, 2.45) is 5.73 Å². The summed E-state index contributed by atoms with van der Waals surface area (Å²) < 4.78 is 0. The van der Waals surface area contributed by atoms with Gasteiger partial charge in [0.05, 0.1) is 5.52 Å². The summed E-state index contributed by atoms with van der Waals surface area (Å²) in [6, 6.07) is 15.3. The summed E-state index contributed by atoms with van der Waals surface area (Å²) in [7, 11) is 0. The van der Waals surface area contributed by atoms with Crippen molar-refractivity contribution in [3.63, 3.8) is 0 Å². The van der Waals surface area contributed by atoms with E-state index < -0.39 is 0 Å². The van der Waals surface area contributed by atoms with Crippen LogP contribution >= 0.6 is 23.2 Å². The molecule has 0 aliphatic rings. The third-order valence-corrected chi connectivity index (χ3v) is 5.00. The lowest BCUT2D eigenvalue weighted by atomic mass is 9.87. The predicted molar refractivity (Wildman–Crippen MR) is 106 cm³/mol. The van der Waals surface area contributed by atoms with Crippen LogP contribution in [-0.2, 0) is 6.54 Å². The Morgan fingerprint density at radius 2 is 1.72 bits per heavy atom. The number of nitrogens with two attached hydrogens (primary N) is 1. The van der Waals surface area contributed by atoms with Crippen LogP contribution < -0.4 is 11.1 Å². The number of fused-ring (bicyclic) bond motifs is 1. The summed E-state index contributed by atoms with van der Waals surface area (Å²) in [6.45, 7) is 4.93. The van der Waals surface area contributed by atoms with Crippen molar-refractivity contribution < 1.29 is 0 Å². The SMILES string of the molecule is CC(C)(NCc1ccc(Cl)cc1)C(N)c1ccnc2cc(Cl)ccc12. The molecule has 0 bridgehead atoms. The number of hydrogen-bond donors (Lipinski definition) is 2. The van der Waals surface area contributed by atoms with Gasteiger partial charge >= 0.3 is 0 Å². The van der Waals surface area contributed by atoms with Crippen molar-refractivity contribution in [3.05, 3.63) is 75.9 Å².